The molecule has 6 heteroatoms. The topological polar surface area (TPSA) is 69.7 Å². The van der Waals surface area contributed by atoms with Gasteiger partial charge in [0.25, 0.3) is 5.91 Å². The molecule has 0 spiro atoms. The predicted molar refractivity (Wildman–Crippen MR) is 110 cm³/mol. The Morgan fingerprint density at radius 1 is 1.17 bits per heavy atom. The Bertz CT molecular complexity index is 1020. The van der Waals surface area contributed by atoms with Crippen LogP contribution < -0.4 is 19.5 Å². The molecule has 0 saturated carbocycles. The smallest absolute Gasteiger partial charge is 0.255 e. The number of nitrogens with one attached hydrogen (secondary N) is 1. The number of benzene rings is 2. The van der Waals surface area contributed by atoms with Crippen LogP contribution in [0.4, 0.5) is 0 Å². The van der Waals surface area contributed by atoms with Crippen LogP contribution in [-0.4, -0.2) is 37.8 Å². The summed E-state index contributed by atoms with van der Waals surface area (Å²) < 4.78 is 16.7. The van der Waals surface area contributed by atoms with E-state index >= 15 is 0 Å². The SMILES string of the molecule is COc1ccc(C(=O)NCC2Cc3cccc(-c4cccnc4)c3O2)c(OC)c1. The van der Waals surface area contributed by atoms with E-state index in [-0.39, 0.29) is 12.0 Å². The molecule has 0 bridgehead atoms. The van der Waals surface area contributed by atoms with Crippen molar-refractivity contribution in [2.75, 3.05) is 20.8 Å². The molecule has 1 N–H and O–H groups in total. The molecule has 1 aliphatic rings. The largest absolute Gasteiger partial charge is 0.497 e. The highest BCUT2D eigenvalue weighted by atomic mass is 16.5. The maximum Gasteiger partial charge on any atom is 0.255 e. The lowest BCUT2D eigenvalue weighted by molar-refractivity contribution is 0.0930. The van der Waals surface area contributed by atoms with Gasteiger partial charge < -0.3 is 19.5 Å². The zero-order chi connectivity index (χ0) is 20.2. The minimum absolute atomic E-state index is 0.129. The lowest BCUT2D eigenvalue weighted by Gasteiger charge is -2.15. The van der Waals surface area contributed by atoms with Crippen molar-refractivity contribution in [3.63, 3.8) is 0 Å². The average molecular weight is 390 g/mol. The molecule has 148 valence electrons. The van der Waals surface area contributed by atoms with Gasteiger partial charge in [-0.3, -0.25) is 9.78 Å². The first-order chi connectivity index (χ1) is 14.2. The fourth-order valence-electron chi connectivity index (χ4n) is 3.49. The number of ether oxygens (including phenoxy) is 3. The number of fused-ring (bicyclic) bond motifs is 1. The van der Waals surface area contributed by atoms with Crippen LogP contribution in [0.25, 0.3) is 11.1 Å². The van der Waals surface area contributed by atoms with Crippen LogP contribution >= 0.6 is 0 Å². The maximum absolute atomic E-state index is 12.6. The van der Waals surface area contributed by atoms with Gasteiger partial charge in [0, 0.05) is 36.0 Å². The molecule has 0 radical (unpaired) electrons. The van der Waals surface area contributed by atoms with Gasteiger partial charge in [0.2, 0.25) is 0 Å². The minimum Gasteiger partial charge on any atom is -0.497 e. The first kappa shape index (κ1) is 18.8. The number of carbonyl (C=O) groups is 1. The number of methoxy groups -OCH3 is 2. The standard InChI is InChI=1S/C23H22N2O4/c1-27-17-8-9-20(21(12-17)28-2)23(26)25-14-18-11-15-5-3-7-19(22(15)29-18)16-6-4-10-24-13-16/h3-10,12-13,18H,11,14H2,1-2H3,(H,25,26). The highest BCUT2D eigenvalue weighted by Gasteiger charge is 2.26. The molecule has 1 amide bonds. The lowest BCUT2D eigenvalue weighted by Crippen LogP contribution is -2.34. The number of nitrogens with zero attached hydrogens (tertiary/aromatic N) is 1. The van der Waals surface area contributed by atoms with Crippen LogP contribution in [0.3, 0.4) is 0 Å². The number of hydrogen-bond donors (Lipinski definition) is 1. The Morgan fingerprint density at radius 2 is 2.07 bits per heavy atom. The van der Waals surface area contributed by atoms with Crippen molar-refractivity contribution in [1.82, 2.24) is 10.3 Å². The fraction of sp³-hybridized carbons (Fsp3) is 0.217. The molecule has 1 unspecified atom stereocenters. The average Bonchev–Trinajstić information content (AvgIpc) is 3.20. The summed E-state index contributed by atoms with van der Waals surface area (Å²) in [5.41, 5.74) is 3.62. The monoisotopic (exact) mass is 390 g/mol. The van der Waals surface area contributed by atoms with E-state index in [4.69, 9.17) is 14.2 Å². The number of pyridine rings is 1. The Hall–Kier alpha value is -3.54. The molecule has 4 rings (SSSR count). The molecule has 0 aliphatic carbocycles. The van der Waals surface area contributed by atoms with Crippen LogP contribution in [0.5, 0.6) is 17.2 Å². The van der Waals surface area contributed by atoms with E-state index in [1.807, 2.05) is 30.5 Å². The summed E-state index contributed by atoms with van der Waals surface area (Å²) in [6.45, 7) is 0.398. The van der Waals surface area contributed by atoms with Crippen molar-refractivity contribution < 1.29 is 19.0 Å². The van der Waals surface area contributed by atoms with Gasteiger partial charge in [0.1, 0.15) is 23.4 Å². The summed E-state index contributed by atoms with van der Waals surface area (Å²) in [6, 6.07) is 15.1. The molecule has 1 aromatic heterocycles. The molecule has 1 atom stereocenters. The minimum atomic E-state index is -0.212. The number of amides is 1. The first-order valence-corrected chi connectivity index (χ1v) is 9.38. The van der Waals surface area contributed by atoms with Crippen molar-refractivity contribution in [3.8, 4) is 28.4 Å². The molecule has 3 aromatic rings. The third-order valence-electron chi connectivity index (χ3n) is 4.94. The quantitative estimate of drug-likeness (QED) is 0.698. The van der Waals surface area contributed by atoms with Gasteiger partial charge >= 0.3 is 0 Å². The Balaban J connectivity index is 1.45. The van der Waals surface area contributed by atoms with Crippen LogP contribution in [0, 0.1) is 0 Å². The third kappa shape index (κ3) is 3.87. The molecule has 0 fully saturated rings. The highest BCUT2D eigenvalue weighted by molar-refractivity contribution is 5.97. The summed E-state index contributed by atoms with van der Waals surface area (Å²) in [4.78, 5) is 16.8. The van der Waals surface area contributed by atoms with Crippen molar-refractivity contribution in [3.05, 3.63) is 72.1 Å². The van der Waals surface area contributed by atoms with E-state index in [1.165, 1.54) is 7.11 Å². The molecule has 0 saturated heterocycles. The zero-order valence-corrected chi connectivity index (χ0v) is 16.3. The summed E-state index contributed by atoms with van der Waals surface area (Å²) in [5, 5.41) is 2.95. The first-order valence-electron chi connectivity index (χ1n) is 9.38. The van der Waals surface area contributed by atoms with Crippen molar-refractivity contribution >= 4 is 5.91 Å². The maximum atomic E-state index is 12.6. The van der Waals surface area contributed by atoms with E-state index in [1.54, 1.807) is 31.5 Å². The molecular formula is C23H22N2O4. The van der Waals surface area contributed by atoms with Gasteiger partial charge in [-0.15, -0.1) is 0 Å². The fourth-order valence-corrected chi connectivity index (χ4v) is 3.49. The predicted octanol–water partition coefficient (Wildman–Crippen LogP) is 3.50. The van der Waals surface area contributed by atoms with E-state index in [0.717, 1.165) is 28.9 Å². The molecule has 1 aliphatic heterocycles. The Labute approximate surface area is 169 Å². The van der Waals surface area contributed by atoms with Crippen LogP contribution in [-0.2, 0) is 6.42 Å². The number of rotatable bonds is 6. The molecular weight excluding hydrogens is 368 g/mol. The summed E-state index contributed by atoms with van der Waals surface area (Å²) in [7, 11) is 3.10. The van der Waals surface area contributed by atoms with Gasteiger partial charge in [-0.1, -0.05) is 24.3 Å². The van der Waals surface area contributed by atoms with E-state index in [2.05, 4.69) is 16.4 Å². The molecule has 2 heterocycles. The number of hydrogen-bond acceptors (Lipinski definition) is 5. The second kappa shape index (κ2) is 8.22. The number of para-hydroxylation sites is 1. The van der Waals surface area contributed by atoms with Gasteiger partial charge in [0.15, 0.2) is 0 Å². The normalized spacial score (nSPS) is 14.6. The van der Waals surface area contributed by atoms with Crippen molar-refractivity contribution in [2.45, 2.75) is 12.5 Å². The third-order valence-corrected chi connectivity index (χ3v) is 4.94. The zero-order valence-electron chi connectivity index (χ0n) is 16.3. The van der Waals surface area contributed by atoms with Gasteiger partial charge in [0.05, 0.1) is 26.3 Å². The summed E-state index contributed by atoms with van der Waals surface area (Å²) in [5.74, 6) is 1.76. The van der Waals surface area contributed by atoms with Gasteiger partial charge in [-0.25, -0.2) is 0 Å². The second-order valence-corrected chi connectivity index (χ2v) is 6.76. The Morgan fingerprint density at radius 3 is 2.83 bits per heavy atom. The molecule has 6 nitrogen and oxygen atoms in total. The lowest BCUT2D eigenvalue weighted by atomic mass is 10.0. The summed E-state index contributed by atoms with van der Waals surface area (Å²) >= 11 is 0. The number of aromatic nitrogens is 1. The van der Waals surface area contributed by atoms with Crippen LogP contribution in [0.2, 0.25) is 0 Å². The van der Waals surface area contributed by atoms with Gasteiger partial charge in [-0.05, 0) is 23.8 Å². The summed E-state index contributed by atoms with van der Waals surface area (Å²) in [6.07, 6.45) is 4.18. The highest BCUT2D eigenvalue weighted by Crippen LogP contribution is 2.38. The van der Waals surface area contributed by atoms with Crippen LogP contribution in [0.1, 0.15) is 15.9 Å². The van der Waals surface area contributed by atoms with Crippen molar-refractivity contribution in [2.24, 2.45) is 0 Å². The van der Waals surface area contributed by atoms with E-state index in [9.17, 15) is 4.79 Å². The second-order valence-electron chi connectivity index (χ2n) is 6.76. The Kier molecular flexibility index (Phi) is 5.33. The van der Waals surface area contributed by atoms with E-state index < -0.39 is 0 Å². The van der Waals surface area contributed by atoms with Crippen LogP contribution in [0.15, 0.2) is 60.9 Å². The number of carbonyl (C=O) groups excluding carboxylic acids is 1. The van der Waals surface area contributed by atoms with E-state index in [0.29, 0.717) is 23.6 Å². The van der Waals surface area contributed by atoms with Gasteiger partial charge in [-0.2, -0.15) is 0 Å². The molecule has 29 heavy (non-hydrogen) atoms. The molecule has 2 aromatic carbocycles. The van der Waals surface area contributed by atoms with Crippen molar-refractivity contribution in [1.29, 1.82) is 0 Å².